The predicted octanol–water partition coefficient (Wildman–Crippen LogP) is 3.38. The molecule has 7 heteroatoms. The Bertz CT molecular complexity index is 880. The van der Waals surface area contributed by atoms with Crippen LogP contribution in [0.4, 0.5) is 0 Å². The van der Waals surface area contributed by atoms with Crippen molar-refractivity contribution in [3.8, 4) is 17.4 Å². The summed E-state index contributed by atoms with van der Waals surface area (Å²) in [7, 11) is 1.60. The molecule has 1 aromatic carbocycles. The predicted molar refractivity (Wildman–Crippen MR) is 106 cm³/mol. The van der Waals surface area contributed by atoms with Gasteiger partial charge in [0, 0.05) is 30.2 Å². The van der Waals surface area contributed by atoms with Crippen LogP contribution in [0.15, 0.2) is 54.0 Å². The summed E-state index contributed by atoms with van der Waals surface area (Å²) in [5.74, 6) is 1.01. The number of hydrogen-bond donors (Lipinski definition) is 2. The second-order valence-electron chi connectivity index (χ2n) is 5.84. The molecule has 0 spiro atoms. The van der Waals surface area contributed by atoms with Crippen molar-refractivity contribution >= 4 is 17.2 Å². The molecule has 27 heavy (non-hydrogen) atoms. The zero-order valence-electron chi connectivity index (χ0n) is 15.0. The number of ether oxygens (including phenoxy) is 2. The standard InChI is InChI=1S/C20H21N3O3S/c1-25-18-11-14(12-22-9-8-16-3-2-10-27-16)4-6-17(18)26-19-7-5-15(13-23-19)20(21)24/h2-7,10-11,13,22H,8-9,12H2,1H3,(H2,21,24). The molecule has 2 aromatic heterocycles. The van der Waals surface area contributed by atoms with Gasteiger partial charge in [0.15, 0.2) is 11.5 Å². The van der Waals surface area contributed by atoms with Crippen molar-refractivity contribution in [2.24, 2.45) is 5.73 Å². The SMILES string of the molecule is COc1cc(CNCCc2cccs2)ccc1Oc1ccc(C(N)=O)cn1. The Morgan fingerprint density at radius 3 is 2.78 bits per heavy atom. The Labute approximate surface area is 162 Å². The van der Waals surface area contributed by atoms with Crippen molar-refractivity contribution in [3.05, 3.63) is 70.0 Å². The molecule has 140 valence electrons. The van der Waals surface area contributed by atoms with Crippen molar-refractivity contribution in [3.63, 3.8) is 0 Å². The molecule has 0 aliphatic heterocycles. The highest BCUT2D eigenvalue weighted by Gasteiger charge is 2.09. The Morgan fingerprint density at radius 2 is 2.11 bits per heavy atom. The number of amides is 1. The molecule has 1 amide bonds. The molecule has 3 N–H and O–H groups in total. The maximum absolute atomic E-state index is 11.1. The average Bonchev–Trinajstić information content (AvgIpc) is 3.20. The molecule has 0 saturated carbocycles. The lowest BCUT2D eigenvalue weighted by Crippen LogP contribution is -2.16. The number of thiophene rings is 1. The molecule has 0 unspecified atom stereocenters. The molecular formula is C20H21N3O3S. The maximum Gasteiger partial charge on any atom is 0.250 e. The molecular weight excluding hydrogens is 362 g/mol. The topological polar surface area (TPSA) is 86.5 Å². The Kier molecular flexibility index (Phi) is 6.40. The first-order valence-electron chi connectivity index (χ1n) is 8.49. The Morgan fingerprint density at radius 1 is 1.22 bits per heavy atom. The third-order valence-corrected chi connectivity index (χ3v) is 4.86. The fourth-order valence-electron chi connectivity index (χ4n) is 2.50. The van der Waals surface area contributed by atoms with E-state index in [2.05, 4.69) is 27.8 Å². The minimum Gasteiger partial charge on any atom is -0.493 e. The molecule has 2 heterocycles. The van der Waals surface area contributed by atoms with Gasteiger partial charge >= 0.3 is 0 Å². The number of carbonyl (C=O) groups excluding carboxylic acids is 1. The monoisotopic (exact) mass is 383 g/mol. The van der Waals surface area contributed by atoms with Crippen LogP contribution in [0.2, 0.25) is 0 Å². The van der Waals surface area contributed by atoms with E-state index in [0.29, 0.717) is 22.9 Å². The van der Waals surface area contributed by atoms with Crippen LogP contribution in [-0.2, 0) is 13.0 Å². The van der Waals surface area contributed by atoms with Gasteiger partial charge in [-0.2, -0.15) is 0 Å². The number of hydrogen-bond acceptors (Lipinski definition) is 6. The first-order valence-corrected chi connectivity index (χ1v) is 9.37. The van der Waals surface area contributed by atoms with E-state index in [1.165, 1.54) is 11.1 Å². The summed E-state index contributed by atoms with van der Waals surface area (Å²) >= 11 is 1.77. The summed E-state index contributed by atoms with van der Waals surface area (Å²) in [6, 6.07) is 13.1. The van der Waals surface area contributed by atoms with E-state index in [1.807, 2.05) is 18.2 Å². The van der Waals surface area contributed by atoms with Crippen molar-refractivity contribution in [1.29, 1.82) is 0 Å². The number of benzene rings is 1. The van der Waals surface area contributed by atoms with E-state index < -0.39 is 5.91 Å². The molecule has 0 radical (unpaired) electrons. The van der Waals surface area contributed by atoms with Gasteiger partial charge in [-0.1, -0.05) is 12.1 Å². The van der Waals surface area contributed by atoms with Gasteiger partial charge in [-0.15, -0.1) is 11.3 Å². The van der Waals surface area contributed by atoms with Crippen molar-refractivity contribution < 1.29 is 14.3 Å². The molecule has 0 saturated heterocycles. The number of carbonyl (C=O) groups is 1. The normalized spacial score (nSPS) is 10.6. The first kappa shape index (κ1) is 18.9. The minimum atomic E-state index is -0.525. The number of rotatable bonds is 9. The van der Waals surface area contributed by atoms with E-state index >= 15 is 0 Å². The van der Waals surface area contributed by atoms with Gasteiger partial charge in [0.1, 0.15) is 0 Å². The lowest BCUT2D eigenvalue weighted by atomic mass is 10.2. The zero-order valence-corrected chi connectivity index (χ0v) is 15.8. The smallest absolute Gasteiger partial charge is 0.250 e. The van der Waals surface area contributed by atoms with E-state index in [4.69, 9.17) is 15.2 Å². The van der Waals surface area contributed by atoms with Crippen LogP contribution in [0.25, 0.3) is 0 Å². The average molecular weight is 383 g/mol. The van der Waals surface area contributed by atoms with Crippen LogP contribution in [0.3, 0.4) is 0 Å². The van der Waals surface area contributed by atoms with Crippen LogP contribution >= 0.6 is 11.3 Å². The van der Waals surface area contributed by atoms with Crippen molar-refractivity contribution in [1.82, 2.24) is 10.3 Å². The third-order valence-electron chi connectivity index (χ3n) is 3.92. The molecule has 0 atom stereocenters. The van der Waals surface area contributed by atoms with Crippen molar-refractivity contribution in [2.45, 2.75) is 13.0 Å². The van der Waals surface area contributed by atoms with Crippen LogP contribution in [-0.4, -0.2) is 24.5 Å². The fourth-order valence-corrected chi connectivity index (χ4v) is 3.21. The molecule has 3 aromatic rings. The van der Waals surface area contributed by atoms with E-state index in [1.54, 1.807) is 30.6 Å². The van der Waals surface area contributed by atoms with Gasteiger partial charge < -0.3 is 20.5 Å². The highest BCUT2D eigenvalue weighted by molar-refractivity contribution is 7.09. The number of nitrogens with zero attached hydrogens (tertiary/aromatic N) is 1. The van der Waals surface area contributed by atoms with Crippen molar-refractivity contribution in [2.75, 3.05) is 13.7 Å². The molecule has 0 aliphatic rings. The van der Waals surface area contributed by atoms with Gasteiger partial charge in [-0.25, -0.2) is 4.98 Å². The van der Waals surface area contributed by atoms with E-state index in [9.17, 15) is 4.79 Å². The number of nitrogens with two attached hydrogens (primary N) is 1. The van der Waals surface area contributed by atoms with Gasteiger partial charge in [0.25, 0.3) is 0 Å². The molecule has 0 bridgehead atoms. The second kappa shape index (κ2) is 9.16. The third kappa shape index (κ3) is 5.29. The van der Waals surface area contributed by atoms with Crippen LogP contribution < -0.4 is 20.5 Å². The second-order valence-corrected chi connectivity index (χ2v) is 6.88. The molecule has 0 aliphatic carbocycles. The quantitative estimate of drug-likeness (QED) is 0.553. The Hall–Kier alpha value is -2.90. The summed E-state index contributed by atoms with van der Waals surface area (Å²) < 4.78 is 11.2. The number of methoxy groups -OCH3 is 1. The minimum absolute atomic E-state index is 0.332. The van der Waals surface area contributed by atoms with E-state index in [-0.39, 0.29) is 0 Å². The first-order chi connectivity index (χ1) is 13.2. The lowest BCUT2D eigenvalue weighted by molar-refractivity contribution is 0.1000. The van der Waals surface area contributed by atoms with Crippen LogP contribution in [0, 0.1) is 0 Å². The fraction of sp³-hybridized carbons (Fsp3) is 0.200. The van der Waals surface area contributed by atoms with Crippen LogP contribution in [0.1, 0.15) is 20.8 Å². The van der Waals surface area contributed by atoms with Gasteiger partial charge in [-0.3, -0.25) is 4.79 Å². The van der Waals surface area contributed by atoms with Gasteiger partial charge in [0.2, 0.25) is 11.8 Å². The highest BCUT2D eigenvalue weighted by Crippen LogP contribution is 2.31. The lowest BCUT2D eigenvalue weighted by Gasteiger charge is -2.12. The number of primary amides is 1. The highest BCUT2D eigenvalue weighted by atomic mass is 32.1. The number of aromatic nitrogens is 1. The summed E-state index contributed by atoms with van der Waals surface area (Å²) in [6.07, 6.45) is 2.40. The zero-order chi connectivity index (χ0) is 19.1. The molecule has 3 rings (SSSR count). The van der Waals surface area contributed by atoms with Crippen LogP contribution in [0.5, 0.6) is 17.4 Å². The maximum atomic E-state index is 11.1. The molecule has 6 nitrogen and oxygen atoms in total. The summed E-state index contributed by atoms with van der Waals surface area (Å²) in [5, 5.41) is 5.52. The summed E-state index contributed by atoms with van der Waals surface area (Å²) in [6.45, 7) is 1.66. The number of pyridine rings is 1. The summed E-state index contributed by atoms with van der Waals surface area (Å²) in [5.41, 5.74) is 6.64. The van der Waals surface area contributed by atoms with E-state index in [0.717, 1.165) is 25.1 Å². The summed E-state index contributed by atoms with van der Waals surface area (Å²) in [4.78, 5) is 16.6. The van der Waals surface area contributed by atoms with Gasteiger partial charge in [-0.05, 0) is 41.6 Å². The largest absolute Gasteiger partial charge is 0.493 e. The van der Waals surface area contributed by atoms with Gasteiger partial charge in [0.05, 0.1) is 12.7 Å². The Balaban J connectivity index is 1.59. The molecule has 0 fully saturated rings. The number of nitrogens with one attached hydrogen (secondary N) is 1.